The number of hydrogen-bond donors (Lipinski definition) is 2. The van der Waals surface area contributed by atoms with E-state index in [9.17, 15) is 10.2 Å². The minimum Gasteiger partial charge on any atom is -0.504 e. The predicted octanol–water partition coefficient (Wildman–Crippen LogP) is 5.84. The van der Waals surface area contributed by atoms with Gasteiger partial charge in [0, 0.05) is 0 Å². The summed E-state index contributed by atoms with van der Waals surface area (Å²) in [5, 5.41) is 21.6. The van der Waals surface area contributed by atoms with Crippen molar-refractivity contribution in [1.82, 2.24) is 0 Å². The van der Waals surface area contributed by atoms with E-state index in [1.807, 2.05) is 36.4 Å². The van der Waals surface area contributed by atoms with Crippen LogP contribution in [-0.2, 0) is 0 Å². The summed E-state index contributed by atoms with van der Waals surface area (Å²) >= 11 is 0. The molecule has 0 radical (unpaired) electrons. The maximum absolute atomic E-state index is 9.82. The van der Waals surface area contributed by atoms with Crippen LogP contribution in [-0.4, -0.2) is 10.2 Å². The van der Waals surface area contributed by atoms with Crippen LogP contribution < -0.4 is 9.47 Å². The van der Waals surface area contributed by atoms with Gasteiger partial charge in [-0.05, 0) is 59.3 Å². The molecule has 0 saturated heterocycles. The molecule has 4 nitrogen and oxygen atoms in total. The molecular formula is C22H16O4. The van der Waals surface area contributed by atoms with Gasteiger partial charge in [-0.3, -0.25) is 0 Å². The summed E-state index contributed by atoms with van der Waals surface area (Å²) in [6.45, 7) is 0. The van der Waals surface area contributed by atoms with E-state index in [0.717, 1.165) is 10.8 Å². The summed E-state index contributed by atoms with van der Waals surface area (Å²) in [7, 11) is 0. The molecule has 2 N–H and O–H groups in total. The summed E-state index contributed by atoms with van der Waals surface area (Å²) in [5.41, 5.74) is 0. The number of benzene rings is 4. The third-order valence-corrected chi connectivity index (χ3v) is 3.97. The molecule has 0 heterocycles. The summed E-state index contributed by atoms with van der Waals surface area (Å²) in [5.74, 6) is 2.28. The number of aromatic hydroxyl groups is 2. The number of ether oxygens (including phenoxy) is 2. The molecule has 0 aromatic heterocycles. The van der Waals surface area contributed by atoms with E-state index in [-0.39, 0.29) is 11.5 Å². The van der Waals surface area contributed by atoms with E-state index >= 15 is 0 Å². The standard InChI is InChI=1S/C22H16O4/c23-19-5-1-3-7-21(19)25-17-11-9-16-14-18(12-10-15(16)13-17)26-22-8-4-2-6-20(22)24/h1-14,23-24H. The fourth-order valence-electron chi connectivity index (χ4n) is 2.67. The summed E-state index contributed by atoms with van der Waals surface area (Å²) in [6, 6.07) is 25.0. The van der Waals surface area contributed by atoms with Gasteiger partial charge in [-0.15, -0.1) is 0 Å². The predicted molar refractivity (Wildman–Crippen MR) is 100 cm³/mol. The van der Waals surface area contributed by atoms with Crippen molar-refractivity contribution in [2.75, 3.05) is 0 Å². The largest absolute Gasteiger partial charge is 0.504 e. The Hall–Kier alpha value is -3.66. The van der Waals surface area contributed by atoms with Crippen molar-refractivity contribution in [2.45, 2.75) is 0 Å². The molecule has 0 fully saturated rings. The van der Waals surface area contributed by atoms with Crippen molar-refractivity contribution in [3.05, 3.63) is 84.9 Å². The first-order valence-corrected chi connectivity index (χ1v) is 8.14. The molecule has 0 aliphatic heterocycles. The summed E-state index contributed by atoms with van der Waals surface area (Å²) in [6.07, 6.45) is 0. The Bertz CT molecular complexity index is 986. The van der Waals surface area contributed by atoms with Crippen LogP contribution in [0.3, 0.4) is 0 Å². The van der Waals surface area contributed by atoms with Crippen LogP contribution in [0.15, 0.2) is 84.9 Å². The fraction of sp³-hybridized carbons (Fsp3) is 0. The smallest absolute Gasteiger partial charge is 0.169 e. The molecule has 0 atom stereocenters. The van der Waals surface area contributed by atoms with E-state index < -0.39 is 0 Å². The fourth-order valence-corrected chi connectivity index (χ4v) is 2.67. The Morgan fingerprint density at radius 1 is 0.500 bits per heavy atom. The molecule has 4 aromatic carbocycles. The Labute approximate surface area is 150 Å². The van der Waals surface area contributed by atoms with Crippen LogP contribution in [0.5, 0.6) is 34.5 Å². The van der Waals surface area contributed by atoms with Gasteiger partial charge < -0.3 is 19.7 Å². The van der Waals surface area contributed by atoms with E-state index in [0.29, 0.717) is 23.0 Å². The monoisotopic (exact) mass is 344 g/mol. The first-order chi connectivity index (χ1) is 12.7. The molecule has 0 unspecified atom stereocenters. The lowest BCUT2D eigenvalue weighted by Crippen LogP contribution is -1.87. The van der Waals surface area contributed by atoms with Gasteiger partial charge >= 0.3 is 0 Å². The lowest BCUT2D eigenvalue weighted by Gasteiger charge is -2.10. The van der Waals surface area contributed by atoms with Crippen molar-refractivity contribution in [1.29, 1.82) is 0 Å². The molecule has 0 aliphatic carbocycles. The highest BCUT2D eigenvalue weighted by Gasteiger charge is 2.06. The van der Waals surface area contributed by atoms with Crippen LogP contribution in [0, 0.1) is 0 Å². The summed E-state index contributed by atoms with van der Waals surface area (Å²) in [4.78, 5) is 0. The highest BCUT2D eigenvalue weighted by molar-refractivity contribution is 5.85. The van der Waals surface area contributed by atoms with Gasteiger partial charge in [0.25, 0.3) is 0 Å². The first kappa shape index (κ1) is 15.8. The van der Waals surface area contributed by atoms with Crippen molar-refractivity contribution < 1.29 is 19.7 Å². The summed E-state index contributed by atoms with van der Waals surface area (Å²) < 4.78 is 11.5. The number of phenolic OH excluding ortho intramolecular Hbond substituents is 2. The highest BCUT2D eigenvalue weighted by Crippen LogP contribution is 2.34. The normalized spacial score (nSPS) is 10.6. The van der Waals surface area contributed by atoms with Gasteiger partial charge in [0.05, 0.1) is 0 Å². The number of phenols is 2. The molecule has 0 amide bonds. The maximum atomic E-state index is 9.82. The molecule has 4 rings (SSSR count). The zero-order valence-electron chi connectivity index (χ0n) is 13.8. The van der Waals surface area contributed by atoms with Gasteiger partial charge in [0.2, 0.25) is 0 Å². The van der Waals surface area contributed by atoms with Gasteiger partial charge in [-0.25, -0.2) is 0 Å². The van der Waals surface area contributed by atoms with Crippen LogP contribution in [0.25, 0.3) is 10.8 Å². The van der Waals surface area contributed by atoms with Crippen LogP contribution >= 0.6 is 0 Å². The Balaban J connectivity index is 1.60. The Morgan fingerprint density at radius 3 is 1.35 bits per heavy atom. The average molecular weight is 344 g/mol. The number of fused-ring (bicyclic) bond motifs is 1. The lowest BCUT2D eigenvalue weighted by atomic mass is 10.1. The van der Waals surface area contributed by atoms with Gasteiger partial charge in [-0.2, -0.15) is 0 Å². The third kappa shape index (κ3) is 3.26. The Kier molecular flexibility index (Phi) is 4.07. The van der Waals surface area contributed by atoms with Crippen LogP contribution in [0.4, 0.5) is 0 Å². The molecule has 26 heavy (non-hydrogen) atoms. The topological polar surface area (TPSA) is 58.9 Å². The first-order valence-electron chi connectivity index (χ1n) is 8.14. The van der Waals surface area contributed by atoms with Crippen molar-refractivity contribution in [2.24, 2.45) is 0 Å². The second kappa shape index (κ2) is 6.69. The average Bonchev–Trinajstić information content (AvgIpc) is 2.66. The van der Waals surface area contributed by atoms with E-state index in [1.54, 1.807) is 48.5 Å². The SMILES string of the molecule is Oc1ccccc1Oc1ccc2cc(Oc3ccccc3O)ccc2c1. The van der Waals surface area contributed by atoms with Crippen molar-refractivity contribution in [3.8, 4) is 34.5 Å². The van der Waals surface area contributed by atoms with Crippen molar-refractivity contribution >= 4 is 10.8 Å². The Morgan fingerprint density at radius 2 is 0.923 bits per heavy atom. The molecule has 4 aromatic rings. The third-order valence-electron chi connectivity index (χ3n) is 3.97. The van der Waals surface area contributed by atoms with E-state index in [2.05, 4.69) is 0 Å². The minimum absolute atomic E-state index is 0.0963. The molecule has 0 spiro atoms. The zero-order valence-corrected chi connectivity index (χ0v) is 13.8. The van der Waals surface area contributed by atoms with E-state index in [4.69, 9.17) is 9.47 Å². The highest BCUT2D eigenvalue weighted by atomic mass is 16.5. The van der Waals surface area contributed by atoms with E-state index in [1.165, 1.54) is 0 Å². The zero-order chi connectivity index (χ0) is 17.9. The molecule has 128 valence electrons. The second-order valence-electron chi connectivity index (χ2n) is 5.81. The number of rotatable bonds is 4. The van der Waals surface area contributed by atoms with Gasteiger partial charge in [0.1, 0.15) is 11.5 Å². The van der Waals surface area contributed by atoms with Crippen LogP contribution in [0.1, 0.15) is 0 Å². The molecule has 0 aliphatic rings. The number of hydrogen-bond acceptors (Lipinski definition) is 4. The molecule has 0 saturated carbocycles. The molecule has 4 heteroatoms. The van der Waals surface area contributed by atoms with Crippen LogP contribution in [0.2, 0.25) is 0 Å². The number of para-hydroxylation sites is 4. The minimum atomic E-state index is 0.0963. The lowest BCUT2D eigenvalue weighted by molar-refractivity contribution is 0.411. The molecule has 0 bridgehead atoms. The van der Waals surface area contributed by atoms with Gasteiger partial charge in [-0.1, -0.05) is 36.4 Å². The van der Waals surface area contributed by atoms with Gasteiger partial charge in [0.15, 0.2) is 23.0 Å². The van der Waals surface area contributed by atoms with Crippen molar-refractivity contribution in [3.63, 3.8) is 0 Å². The maximum Gasteiger partial charge on any atom is 0.169 e. The molecular weight excluding hydrogens is 328 g/mol. The quantitative estimate of drug-likeness (QED) is 0.488. The second-order valence-corrected chi connectivity index (χ2v) is 5.81.